The molecule has 2 aromatic rings. The van der Waals surface area contributed by atoms with Crippen LogP contribution < -0.4 is 4.74 Å². The molecule has 0 aromatic heterocycles. The third-order valence-electron chi connectivity index (χ3n) is 5.81. The Bertz CT molecular complexity index is 832. The molecule has 2 aromatic carbocycles. The van der Waals surface area contributed by atoms with Gasteiger partial charge in [-0.2, -0.15) is 0 Å². The van der Waals surface area contributed by atoms with Crippen LogP contribution in [0.3, 0.4) is 0 Å². The third kappa shape index (κ3) is 6.31. The Hall–Kier alpha value is -2.37. The van der Waals surface area contributed by atoms with Crippen LogP contribution >= 0.6 is 0 Å². The number of hydrogen-bond acceptors (Lipinski definition) is 4. The number of carbonyl (C=O) groups is 1. The first-order chi connectivity index (χ1) is 14.6. The van der Waals surface area contributed by atoms with Crippen molar-refractivity contribution in [3.05, 3.63) is 64.7 Å². The van der Waals surface area contributed by atoms with Gasteiger partial charge in [-0.25, -0.2) is 4.79 Å². The summed E-state index contributed by atoms with van der Waals surface area (Å²) in [6.07, 6.45) is 3.01. The summed E-state index contributed by atoms with van der Waals surface area (Å²) in [6, 6.07) is 13.6. The second kappa shape index (κ2) is 11.1. The Morgan fingerprint density at radius 2 is 1.87 bits per heavy atom. The van der Waals surface area contributed by atoms with Gasteiger partial charge in [-0.3, -0.25) is 4.90 Å². The van der Waals surface area contributed by atoms with E-state index in [4.69, 9.17) is 9.47 Å². The Balaban J connectivity index is 1.87. The second-order valence-electron chi connectivity index (χ2n) is 8.00. The molecular formula is C25H33NO4. The average Bonchev–Trinajstić information content (AvgIpc) is 2.74. The zero-order valence-electron chi connectivity index (χ0n) is 18.1. The molecule has 0 amide bonds. The lowest BCUT2D eigenvalue weighted by atomic mass is 9.99. The van der Waals surface area contributed by atoms with Crippen LogP contribution in [0, 0.1) is 5.92 Å². The first-order valence-corrected chi connectivity index (χ1v) is 11.0. The van der Waals surface area contributed by atoms with E-state index in [1.54, 1.807) is 18.2 Å². The third-order valence-corrected chi connectivity index (χ3v) is 5.81. The molecule has 5 nitrogen and oxygen atoms in total. The summed E-state index contributed by atoms with van der Waals surface area (Å²) >= 11 is 0. The van der Waals surface area contributed by atoms with E-state index < -0.39 is 5.97 Å². The minimum atomic E-state index is -0.925. The van der Waals surface area contributed by atoms with Gasteiger partial charge in [0.25, 0.3) is 0 Å². The van der Waals surface area contributed by atoms with Crippen molar-refractivity contribution in [1.82, 2.24) is 4.90 Å². The summed E-state index contributed by atoms with van der Waals surface area (Å²) in [5, 5.41) is 9.38. The van der Waals surface area contributed by atoms with E-state index >= 15 is 0 Å². The lowest BCUT2D eigenvalue weighted by Gasteiger charge is -2.27. The van der Waals surface area contributed by atoms with Gasteiger partial charge in [0.15, 0.2) is 0 Å². The Kier molecular flexibility index (Phi) is 8.29. The lowest BCUT2D eigenvalue weighted by molar-refractivity contribution is 0.0694. The molecule has 1 aliphatic rings. The molecule has 5 heteroatoms. The van der Waals surface area contributed by atoms with Crippen LogP contribution in [0.15, 0.2) is 42.5 Å². The number of carboxylic acids is 1. The largest absolute Gasteiger partial charge is 0.491 e. The minimum Gasteiger partial charge on any atom is -0.491 e. The van der Waals surface area contributed by atoms with Crippen LogP contribution in [0.4, 0.5) is 0 Å². The van der Waals surface area contributed by atoms with Crippen LogP contribution in [-0.4, -0.2) is 48.9 Å². The molecule has 1 heterocycles. The molecule has 1 N–H and O–H groups in total. The van der Waals surface area contributed by atoms with Crippen LogP contribution in [0.1, 0.15) is 53.7 Å². The van der Waals surface area contributed by atoms with Crippen molar-refractivity contribution < 1.29 is 19.4 Å². The summed E-state index contributed by atoms with van der Waals surface area (Å²) in [7, 11) is 0. The zero-order chi connectivity index (χ0) is 21.3. The molecule has 0 saturated carbocycles. The van der Waals surface area contributed by atoms with Crippen molar-refractivity contribution in [3.63, 3.8) is 0 Å². The maximum atomic E-state index is 11.4. The molecule has 0 aliphatic carbocycles. The first-order valence-electron chi connectivity index (χ1n) is 11.0. The zero-order valence-corrected chi connectivity index (χ0v) is 18.1. The monoisotopic (exact) mass is 411 g/mol. The number of fused-ring (bicyclic) bond motifs is 3. The molecular weight excluding hydrogens is 378 g/mol. The van der Waals surface area contributed by atoms with E-state index in [2.05, 4.69) is 43.0 Å². The molecule has 0 unspecified atom stereocenters. The quantitative estimate of drug-likeness (QED) is 0.778. The van der Waals surface area contributed by atoms with Gasteiger partial charge in [0.1, 0.15) is 12.4 Å². The van der Waals surface area contributed by atoms with Crippen molar-refractivity contribution in [2.24, 2.45) is 5.92 Å². The van der Waals surface area contributed by atoms with Gasteiger partial charge in [-0.15, -0.1) is 0 Å². The molecule has 3 rings (SSSR count). The number of nitrogens with zero attached hydrogens (tertiary/aromatic N) is 1. The van der Waals surface area contributed by atoms with Gasteiger partial charge in [-0.1, -0.05) is 51.0 Å². The van der Waals surface area contributed by atoms with E-state index in [0.717, 1.165) is 36.5 Å². The predicted molar refractivity (Wildman–Crippen MR) is 118 cm³/mol. The topological polar surface area (TPSA) is 59.0 Å². The van der Waals surface area contributed by atoms with Gasteiger partial charge in [-0.05, 0) is 40.8 Å². The standard InChI is InChI=1S/C25H33NO4/c1-3-19(4-2)17-26-10-11-29-12-13-30-24-9-8-22(25(27)28)16-23(24)15-20-6-5-7-21(14-20)18-26/h5-9,14,16,19H,3-4,10-13,15,17-18H2,1-2H3,(H,27,28). The number of hydrogen-bond donors (Lipinski definition) is 1. The maximum Gasteiger partial charge on any atom is 0.335 e. The molecule has 0 radical (unpaired) electrons. The van der Waals surface area contributed by atoms with E-state index in [-0.39, 0.29) is 5.56 Å². The number of carboxylic acid groups (broad SMARTS) is 1. The summed E-state index contributed by atoms with van der Waals surface area (Å²) < 4.78 is 11.8. The number of ether oxygens (including phenoxy) is 2. The minimum absolute atomic E-state index is 0.280. The average molecular weight is 412 g/mol. The van der Waals surface area contributed by atoms with Crippen molar-refractivity contribution in [1.29, 1.82) is 0 Å². The van der Waals surface area contributed by atoms with E-state index in [1.165, 1.54) is 18.4 Å². The summed E-state index contributed by atoms with van der Waals surface area (Å²) in [6.45, 7) is 9.03. The van der Waals surface area contributed by atoms with E-state index in [9.17, 15) is 9.90 Å². The van der Waals surface area contributed by atoms with E-state index in [1.807, 2.05) is 0 Å². The highest BCUT2D eigenvalue weighted by molar-refractivity contribution is 5.88. The summed E-state index contributed by atoms with van der Waals surface area (Å²) in [4.78, 5) is 13.9. The first kappa shape index (κ1) is 22.3. The van der Waals surface area contributed by atoms with E-state index in [0.29, 0.717) is 32.2 Å². The number of aromatic carboxylic acids is 1. The van der Waals surface area contributed by atoms with Crippen molar-refractivity contribution in [3.8, 4) is 5.75 Å². The second-order valence-corrected chi connectivity index (χ2v) is 8.00. The molecule has 2 bridgehead atoms. The van der Waals surface area contributed by atoms with Gasteiger partial charge in [0, 0.05) is 26.1 Å². The summed E-state index contributed by atoms with van der Waals surface area (Å²) in [5.41, 5.74) is 3.60. The van der Waals surface area contributed by atoms with Crippen molar-refractivity contribution in [2.75, 3.05) is 32.9 Å². The van der Waals surface area contributed by atoms with Crippen LogP contribution in [0.5, 0.6) is 5.75 Å². The van der Waals surface area contributed by atoms with Gasteiger partial charge < -0.3 is 14.6 Å². The van der Waals surface area contributed by atoms with Crippen LogP contribution in [0.25, 0.3) is 0 Å². The fourth-order valence-corrected chi connectivity index (χ4v) is 3.96. The molecule has 1 aliphatic heterocycles. The fraction of sp³-hybridized carbons (Fsp3) is 0.480. The fourth-order valence-electron chi connectivity index (χ4n) is 3.96. The predicted octanol–water partition coefficient (Wildman–Crippen LogP) is 4.62. The van der Waals surface area contributed by atoms with Crippen molar-refractivity contribution >= 4 is 5.97 Å². The maximum absolute atomic E-state index is 11.4. The number of rotatable bonds is 5. The highest BCUT2D eigenvalue weighted by atomic mass is 16.5. The lowest BCUT2D eigenvalue weighted by Crippen LogP contribution is -2.32. The highest BCUT2D eigenvalue weighted by Gasteiger charge is 2.15. The highest BCUT2D eigenvalue weighted by Crippen LogP contribution is 2.25. The molecule has 0 saturated heterocycles. The normalized spacial score (nSPS) is 15.8. The van der Waals surface area contributed by atoms with Gasteiger partial charge in [0.2, 0.25) is 0 Å². The van der Waals surface area contributed by atoms with Crippen LogP contribution in [-0.2, 0) is 17.7 Å². The summed E-state index contributed by atoms with van der Waals surface area (Å²) in [5.74, 6) is 0.490. The molecule has 0 fully saturated rings. The Labute approximate surface area is 179 Å². The van der Waals surface area contributed by atoms with Crippen molar-refractivity contribution in [2.45, 2.75) is 39.7 Å². The van der Waals surface area contributed by atoms with Crippen LogP contribution in [0.2, 0.25) is 0 Å². The molecule has 0 atom stereocenters. The van der Waals surface area contributed by atoms with Gasteiger partial charge in [0.05, 0.1) is 18.8 Å². The molecule has 0 spiro atoms. The Morgan fingerprint density at radius 3 is 2.63 bits per heavy atom. The molecule has 30 heavy (non-hydrogen) atoms. The molecule has 162 valence electrons. The Morgan fingerprint density at radius 1 is 1.07 bits per heavy atom. The number of benzene rings is 2. The smallest absolute Gasteiger partial charge is 0.335 e. The van der Waals surface area contributed by atoms with Gasteiger partial charge >= 0.3 is 5.97 Å². The SMILES string of the molecule is CCC(CC)CN1CCOCCOc2ccc(C(=O)O)cc2Cc2cccc(c2)C1.